The van der Waals surface area contributed by atoms with Crippen LogP contribution >= 0.6 is 0 Å². The topological polar surface area (TPSA) is 76.7 Å². The van der Waals surface area contributed by atoms with Crippen molar-refractivity contribution in [3.8, 4) is 0 Å². The fraction of sp³-hybridized carbons (Fsp3) is 0.235. The van der Waals surface area contributed by atoms with Crippen molar-refractivity contribution in [1.29, 1.82) is 0 Å². The van der Waals surface area contributed by atoms with E-state index in [-0.39, 0.29) is 0 Å². The molecule has 0 saturated carbocycles. The van der Waals surface area contributed by atoms with Crippen LogP contribution in [0.4, 0.5) is 11.5 Å². The summed E-state index contributed by atoms with van der Waals surface area (Å²) in [6.45, 7) is 6.50. The molecule has 0 atom stereocenters. The molecule has 1 aromatic carbocycles. The molecule has 2 aromatic heterocycles. The lowest BCUT2D eigenvalue weighted by molar-refractivity contribution is 1.03. The molecule has 5 heteroatoms. The van der Waals surface area contributed by atoms with E-state index < -0.39 is 0 Å². The van der Waals surface area contributed by atoms with E-state index in [0.717, 1.165) is 16.5 Å². The third-order valence-corrected chi connectivity index (χ3v) is 3.06. The average molecular weight is 295 g/mol. The monoisotopic (exact) mass is 295 g/mol. The molecular formula is C17H21N5. The quantitative estimate of drug-likeness (QED) is 0.772. The van der Waals surface area contributed by atoms with Gasteiger partial charge >= 0.3 is 0 Å². The Hall–Kier alpha value is -2.69. The molecule has 0 aliphatic rings. The van der Waals surface area contributed by atoms with Gasteiger partial charge in [-0.1, -0.05) is 26.0 Å². The number of benzene rings is 1. The zero-order chi connectivity index (χ0) is 15.9. The van der Waals surface area contributed by atoms with Crippen LogP contribution in [0, 0.1) is 6.92 Å². The number of nitrogens with two attached hydrogens (primary N) is 1. The number of nitrogen functional groups attached to an aromatic ring is 1. The Bertz CT molecular complexity index is 755. The molecule has 0 bridgehead atoms. The first-order valence-electron chi connectivity index (χ1n) is 7.39. The zero-order valence-corrected chi connectivity index (χ0v) is 13.2. The number of nitrogens with one attached hydrogen (secondary N) is 1. The molecule has 114 valence electrons. The molecule has 0 radical (unpaired) electrons. The maximum atomic E-state index is 5.85. The summed E-state index contributed by atoms with van der Waals surface area (Å²) < 4.78 is 0. The van der Waals surface area contributed by atoms with Gasteiger partial charge in [-0.05, 0) is 30.7 Å². The highest BCUT2D eigenvalue weighted by atomic mass is 15.0. The summed E-state index contributed by atoms with van der Waals surface area (Å²) in [6.07, 6.45) is 3.42. The Morgan fingerprint density at radius 3 is 2.77 bits per heavy atom. The van der Waals surface area contributed by atoms with Crippen molar-refractivity contribution in [2.75, 3.05) is 11.1 Å². The van der Waals surface area contributed by atoms with Gasteiger partial charge in [-0.3, -0.25) is 4.98 Å². The van der Waals surface area contributed by atoms with E-state index in [1.165, 1.54) is 0 Å². The van der Waals surface area contributed by atoms with Crippen molar-refractivity contribution in [1.82, 2.24) is 15.0 Å². The predicted octanol–water partition coefficient (Wildman–Crippen LogP) is 3.55. The van der Waals surface area contributed by atoms with Crippen molar-refractivity contribution in [3.63, 3.8) is 0 Å². The second-order valence-electron chi connectivity index (χ2n) is 4.61. The minimum Gasteiger partial charge on any atom is -0.394 e. The first kappa shape index (κ1) is 15.7. The van der Waals surface area contributed by atoms with Crippen molar-refractivity contribution >= 4 is 22.4 Å². The van der Waals surface area contributed by atoms with Crippen LogP contribution in [-0.2, 0) is 6.54 Å². The van der Waals surface area contributed by atoms with Crippen molar-refractivity contribution in [3.05, 3.63) is 54.1 Å². The van der Waals surface area contributed by atoms with Crippen LogP contribution in [0.2, 0.25) is 0 Å². The van der Waals surface area contributed by atoms with Gasteiger partial charge < -0.3 is 11.1 Å². The Morgan fingerprint density at radius 2 is 1.95 bits per heavy atom. The Labute approximate surface area is 130 Å². The standard InChI is InChI=1S/C15H15N5.C2H6/c1-10-18-9-13(16)15(20-10)19-8-11-4-5-14-12(7-11)3-2-6-17-14;1-2/h2-7,9H,8,16H2,1H3,(H,18,19,20);1-2H3. The maximum Gasteiger partial charge on any atom is 0.153 e. The lowest BCUT2D eigenvalue weighted by Crippen LogP contribution is -2.06. The SMILES string of the molecule is CC.Cc1ncc(N)c(NCc2ccc3ncccc3c2)n1. The lowest BCUT2D eigenvalue weighted by Gasteiger charge is -2.09. The van der Waals surface area contributed by atoms with Gasteiger partial charge in [0.2, 0.25) is 0 Å². The number of aromatic nitrogens is 3. The molecule has 0 amide bonds. The Kier molecular flexibility index (Phi) is 5.25. The molecule has 5 nitrogen and oxygen atoms in total. The van der Waals surface area contributed by atoms with Crippen molar-refractivity contribution in [2.45, 2.75) is 27.3 Å². The molecule has 3 aromatic rings. The number of hydrogen-bond acceptors (Lipinski definition) is 5. The molecular weight excluding hydrogens is 274 g/mol. The molecule has 0 spiro atoms. The summed E-state index contributed by atoms with van der Waals surface area (Å²) in [5.41, 5.74) is 8.55. The molecule has 0 fully saturated rings. The van der Waals surface area contributed by atoms with E-state index in [4.69, 9.17) is 5.73 Å². The zero-order valence-electron chi connectivity index (χ0n) is 13.2. The van der Waals surface area contributed by atoms with Crippen LogP contribution < -0.4 is 11.1 Å². The number of fused-ring (bicyclic) bond motifs is 1. The molecule has 0 saturated heterocycles. The second-order valence-corrected chi connectivity index (χ2v) is 4.61. The summed E-state index contributed by atoms with van der Waals surface area (Å²) in [6, 6.07) is 10.2. The Balaban J connectivity index is 0.000000847. The normalized spacial score (nSPS) is 9.95. The van der Waals surface area contributed by atoms with Gasteiger partial charge in [0.15, 0.2) is 5.82 Å². The first-order chi connectivity index (χ1) is 10.7. The van der Waals surface area contributed by atoms with Crippen LogP contribution in [0.1, 0.15) is 25.2 Å². The molecule has 3 N–H and O–H groups in total. The van der Waals surface area contributed by atoms with Crippen LogP contribution in [-0.4, -0.2) is 15.0 Å². The first-order valence-corrected chi connectivity index (χ1v) is 7.39. The third-order valence-electron chi connectivity index (χ3n) is 3.06. The van der Waals surface area contributed by atoms with Gasteiger partial charge in [0, 0.05) is 18.1 Å². The molecule has 0 unspecified atom stereocenters. The molecule has 0 aliphatic heterocycles. The van der Waals surface area contributed by atoms with Gasteiger partial charge in [0.25, 0.3) is 0 Å². The largest absolute Gasteiger partial charge is 0.394 e. The maximum absolute atomic E-state index is 5.85. The lowest BCUT2D eigenvalue weighted by atomic mass is 10.1. The number of nitrogens with zero attached hydrogens (tertiary/aromatic N) is 3. The molecule has 0 aliphatic carbocycles. The summed E-state index contributed by atoms with van der Waals surface area (Å²) >= 11 is 0. The van der Waals surface area contributed by atoms with Crippen molar-refractivity contribution in [2.24, 2.45) is 0 Å². The van der Waals surface area contributed by atoms with Gasteiger partial charge in [-0.15, -0.1) is 0 Å². The second kappa shape index (κ2) is 7.36. The van der Waals surface area contributed by atoms with Crippen LogP contribution in [0.15, 0.2) is 42.7 Å². The fourth-order valence-corrected chi connectivity index (χ4v) is 2.04. The number of aryl methyl sites for hydroxylation is 1. The molecule has 2 heterocycles. The van der Waals surface area contributed by atoms with Gasteiger partial charge in [-0.2, -0.15) is 0 Å². The van der Waals surface area contributed by atoms with Crippen molar-refractivity contribution < 1.29 is 0 Å². The minimum atomic E-state index is 0.554. The van der Waals surface area contributed by atoms with E-state index in [1.54, 1.807) is 12.4 Å². The average Bonchev–Trinajstić information content (AvgIpc) is 2.57. The van der Waals surface area contributed by atoms with Crippen LogP contribution in [0.25, 0.3) is 10.9 Å². The van der Waals surface area contributed by atoms with E-state index in [1.807, 2.05) is 39.0 Å². The van der Waals surface area contributed by atoms with E-state index in [2.05, 4.69) is 32.4 Å². The number of pyridine rings is 1. The van der Waals surface area contributed by atoms with Crippen LogP contribution in [0.3, 0.4) is 0 Å². The van der Waals surface area contributed by atoms with E-state index in [0.29, 0.717) is 23.9 Å². The number of anilines is 2. The van der Waals surface area contributed by atoms with E-state index >= 15 is 0 Å². The third kappa shape index (κ3) is 3.69. The predicted molar refractivity (Wildman–Crippen MR) is 91.6 cm³/mol. The number of hydrogen-bond donors (Lipinski definition) is 2. The smallest absolute Gasteiger partial charge is 0.153 e. The van der Waals surface area contributed by atoms with E-state index in [9.17, 15) is 0 Å². The molecule has 3 rings (SSSR count). The molecule has 22 heavy (non-hydrogen) atoms. The summed E-state index contributed by atoms with van der Waals surface area (Å²) in [5, 5.41) is 4.36. The Morgan fingerprint density at radius 1 is 1.14 bits per heavy atom. The number of rotatable bonds is 3. The van der Waals surface area contributed by atoms with Gasteiger partial charge in [0.1, 0.15) is 5.82 Å². The minimum absolute atomic E-state index is 0.554. The highest BCUT2D eigenvalue weighted by molar-refractivity contribution is 5.79. The summed E-state index contributed by atoms with van der Waals surface area (Å²) in [7, 11) is 0. The summed E-state index contributed by atoms with van der Waals surface area (Å²) in [5.74, 6) is 1.37. The van der Waals surface area contributed by atoms with Crippen LogP contribution in [0.5, 0.6) is 0 Å². The summed E-state index contributed by atoms with van der Waals surface area (Å²) in [4.78, 5) is 12.6. The van der Waals surface area contributed by atoms with Gasteiger partial charge in [-0.25, -0.2) is 9.97 Å². The highest BCUT2D eigenvalue weighted by Crippen LogP contribution is 2.17. The highest BCUT2D eigenvalue weighted by Gasteiger charge is 2.02. The van der Waals surface area contributed by atoms with Gasteiger partial charge in [0.05, 0.1) is 17.4 Å². The fourth-order valence-electron chi connectivity index (χ4n) is 2.04.